The summed E-state index contributed by atoms with van der Waals surface area (Å²) in [5, 5.41) is 1.85. The second-order valence-corrected chi connectivity index (χ2v) is 4.06. The Labute approximate surface area is 92.4 Å². The summed E-state index contributed by atoms with van der Waals surface area (Å²) in [5.41, 5.74) is 0.739. The Morgan fingerprint density at radius 3 is 2.73 bits per heavy atom. The fourth-order valence-corrected chi connectivity index (χ4v) is 1.61. The van der Waals surface area contributed by atoms with Gasteiger partial charge in [-0.05, 0) is 30.0 Å². The molecule has 1 aromatic rings. The smallest absolute Gasteiger partial charge is 0.302 e. The quantitative estimate of drug-likeness (QED) is 0.448. The highest BCUT2D eigenvalue weighted by Gasteiger charge is 2.04. The minimum absolute atomic E-state index is 0.0466. The fourth-order valence-electron chi connectivity index (χ4n) is 0.971. The largest absolute Gasteiger partial charge is 0.461 e. The number of allylic oxidation sites excluding steroid dienone is 1. The van der Waals surface area contributed by atoms with E-state index in [1.165, 1.54) is 24.3 Å². The molecule has 1 aromatic heterocycles. The van der Waals surface area contributed by atoms with E-state index in [0.717, 1.165) is 5.57 Å². The molecule has 0 aliphatic heterocycles. The van der Waals surface area contributed by atoms with Gasteiger partial charge >= 0.3 is 5.97 Å². The number of hydrogen-bond donors (Lipinski definition) is 0. The van der Waals surface area contributed by atoms with Gasteiger partial charge in [0.2, 0.25) is 0 Å². The molecule has 0 amide bonds. The Balaban J connectivity index is 2.55. The lowest BCUT2D eigenvalue weighted by atomic mass is 10.2. The maximum absolute atomic E-state index is 11.6. The van der Waals surface area contributed by atoms with Crippen LogP contribution < -0.4 is 0 Å². The number of ether oxygens (including phenoxy) is 1. The standard InChI is InChI=1S/C11H12O3S/c1-8(7-14-9(2)12)6-10(13)11-4-3-5-15-11/h3-6H,7H2,1-2H3/b8-6+. The van der Waals surface area contributed by atoms with Crippen LogP contribution in [0.5, 0.6) is 0 Å². The Kier molecular flexibility index (Phi) is 4.24. The zero-order valence-electron chi connectivity index (χ0n) is 8.65. The van der Waals surface area contributed by atoms with Crippen molar-refractivity contribution in [2.24, 2.45) is 0 Å². The van der Waals surface area contributed by atoms with Gasteiger partial charge in [-0.3, -0.25) is 9.59 Å². The van der Waals surface area contributed by atoms with Crippen molar-refractivity contribution in [2.45, 2.75) is 13.8 Å². The second-order valence-electron chi connectivity index (χ2n) is 3.11. The SMILES string of the molecule is CC(=O)OC/C(C)=C/C(=O)c1cccs1. The number of carbonyl (C=O) groups excluding carboxylic acids is 2. The monoisotopic (exact) mass is 224 g/mol. The van der Waals surface area contributed by atoms with Crippen LogP contribution in [0.3, 0.4) is 0 Å². The Morgan fingerprint density at radius 1 is 1.47 bits per heavy atom. The molecule has 1 heterocycles. The van der Waals surface area contributed by atoms with Gasteiger partial charge in [-0.2, -0.15) is 0 Å². The van der Waals surface area contributed by atoms with Crippen LogP contribution in [-0.2, 0) is 9.53 Å². The first-order chi connectivity index (χ1) is 7.09. The Morgan fingerprint density at radius 2 is 2.20 bits per heavy atom. The molecule has 15 heavy (non-hydrogen) atoms. The van der Waals surface area contributed by atoms with Crippen LogP contribution in [0.15, 0.2) is 29.2 Å². The number of thiophene rings is 1. The van der Waals surface area contributed by atoms with Crippen LogP contribution >= 0.6 is 11.3 Å². The summed E-state index contributed by atoms with van der Waals surface area (Å²) in [7, 11) is 0. The van der Waals surface area contributed by atoms with Gasteiger partial charge in [0.25, 0.3) is 0 Å². The molecule has 80 valence electrons. The third-order valence-corrected chi connectivity index (χ3v) is 2.53. The topological polar surface area (TPSA) is 43.4 Å². The van der Waals surface area contributed by atoms with E-state index in [-0.39, 0.29) is 18.4 Å². The summed E-state index contributed by atoms with van der Waals surface area (Å²) in [6.07, 6.45) is 1.49. The predicted octanol–water partition coefficient (Wildman–Crippen LogP) is 2.44. The first kappa shape index (κ1) is 11.7. The zero-order valence-corrected chi connectivity index (χ0v) is 9.47. The molecule has 0 aliphatic carbocycles. The molecular weight excluding hydrogens is 212 g/mol. The minimum atomic E-state index is -0.341. The number of hydrogen-bond acceptors (Lipinski definition) is 4. The molecule has 1 rings (SSSR count). The number of carbonyl (C=O) groups is 2. The molecule has 0 aromatic carbocycles. The van der Waals surface area contributed by atoms with Gasteiger partial charge < -0.3 is 4.74 Å². The van der Waals surface area contributed by atoms with Crippen molar-refractivity contribution in [1.29, 1.82) is 0 Å². The summed E-state index contributed by atoms with van der Waals surface area (Å²) in [6.45, 7) is 3.27. The van der Waals surface area contributed by atoms with Crippen LogP contribution in [0.25, 0.3) is 0 Å². The summed E-state index contributed by atoms with van der Waals surface area (Å²) in [4.78, 5) is 22.8. The van der Waals surface area contributed by atoms with Gasteiger partial charge in [-0.1, -0.05) is 6.07 Å². The molecule has 0 fully saturated rings. The van der Waals surface area contributed by atoms with Crippen molar-refractivity contribution < 1.29 is 14.3 Å². The van der Waals surface area contributed by atoms with E-state index in [0.29, 0.717) is 4.88 Å². The van der Waals surface area contributed by atoms with Crippen molar-refractivity contribution in [3.05, 3.63) is 34.0 Å². The molecule has 3 nitrogen and oxygen atoms in total. The first-order valence-corrected chi connectivity index (χ1v) is 5.36. The third-order valence-electron chi connectivity index (χ3n) is 1.64. The fraction of sp³-hybridized carbons (Fsp3) is 0.273. The maximum atomic E-state index is 11.6. The normalized spacial score (nSPS) is 11.2. The van der Waals surface area contributed by atoms with Gasteiger partial charge in [-0.15, -0.1) is 11.3 Å². The molecule has 0 saturated heterocycles. The molecule has 4 heteroatoms. The predicted molar refractivity (Wildman–Crippen MR) is 59.0 cm³/mol. The molecule has 0 bridgehead atoms. The van der Waals surface area contributed by atoms with E-state index in [1.807, 2.05) is 11.4 Å². The van der Waals surface area contributed by atoms with Gasteiger partial charge in [0.15, 0.2) is 5.78 Å². The molecule has 0 aliphatic rings. The van der Waals surface area contributed by atoms with Gasteiger partial charge in [0, 0.05) is 6.92 Å². The van der Waals surface area contributed by atoms with E-state index >= 15 is 0 Å². The van der Waals surface area contributed by atoms with Crippen LogP contribution in [0.4, 0.5) is 0 Å². The third kappa shape index (κ3) is 4.08. The van der Waals surface area contributed by atoms with Gasteiger partial charge in [0.05, 0.1) is 4.88 Å². The number of ketones is 1. The Hall–Kier alpha value is -1.42. The van der Waals surface area contributed by atoms with E-state index in [4.69, 9.17) is 4.74 Å². The lowest BCUT2D eigenvalue weighted by Gasteiger charge is -2.00. The molecule has 0 spiro atoms. The van der Waals surface area contributed by atoms with Crippen LogP contribution in [0.1, 0.15) is 23.5 Å². The average Bonchev–Trinajstić information content (AvgIpc) is 2.67. The average molecular weight is 224 g/mol. The van der Waals surface area contributed by atoms with Crippen molar-refractivity contribution in [3.63, 3.8) is 0 Å². The van der Waals surface area contributed by atoms with Gasteiger partial charge in [-0.25, -0.2) is 0 Å². The van der Waals surface area contributed by atoms with Crippen molar-refractivity contribution in [2.75, 3.05) is 6.61 Å². The minimum Gasteiger partial charge on any atom is -0.461 e. The summed E-state index contributed by atoms with van der Waals surface area (Å²) in [6, 6.07) is 3.59. The van der Waals surface area contributed by atoms with E-state index < -0.39 is 0 Å². The molecule has 0 radical (unpaired) electrons. The van der Waals surface area contributed by atoms with Crippen molar-refractivity contribution >= 4 is 23.1 Å². The summed E-state index contributed by atoms with van der Waals surface area (Å²) >= 11 is 1.40. The second kappa shape index (κ2) is 5.46. The van der Waals surface area contributed by atoms with Gasteiger partial charge in [0.1, 0.15) is 6.61 Å². The van der Waals surface area contributed by atoms with Crippen LogP contribution in [0.2, 0.25) is 0 Å². The first-order valence-electron chi connectivity index (χ1n) is 4.48. The van der Waals surface area contributed by atoms with Crippen molar-refractivity contribution in [1.82, 2.24) is 0 Å². The Bertz CT molecular complexity index is 377. The van der Waals surface area contributed by atoms with Crippen LogP contribution in [-0.4, -0.2) is 18.4 Å². The summed E-state index contributed by atoms with van der Waals surface area (Å²) < 4.78 is 4.77. The van der Waals surface area contributed by atoms with E-state index in [9.17, 15) is 9.59 Å². The molecule has 0 N–H and O–H groups in total. The number of rotatable bonds is 4. The van der Waals surface area contributed by atoms with Crippen molar-refractivity contribution in [3.8, 4) is 0 Å². The van der Waals surface area contributed by atoms with Crippen LogP contribution in [0, 0.1) is 0 Å². The molecule has 0 unspecified atom stereocenters. The molecular formula is C11H12O3S. The highest BCUT2D eigenvalue weighted by atomic mass is 32.1. The summed E-state index contributed by atoms with van der Waals surface area (Å²) in [5.74, 6) is -0.388. The zero-order chi connectivity index (χ0) is 11.3. The van der Waals surface area contributed by atoms with E-state index in [2.05, 4.69) is 0 Å². The maximum Gasteiger partial charge on any atom is 0.302 e. The van der Waals surface area contributed by atoms with E-state index in [1.54, 1.807) is 13.0 Å². The molecule has 0 atom stereocenters. The molecule has 0 saturated carbocycles. The lowest BCUT2D eigenvalue weighted by molar-refractivity contribution is -0.139. The highest BCUT2D eigenvalue weighted by Crippen LogP contribution is 2.11. The number of esters is 1. The lowest BCUT2D eigenvalue weighted by Crippen LogP contribution is -2.03. The highest BCUT2D eigenvalue weighted by molar-refractivity contribution is 7.12.